The minimum atomic E-state index is -0.440. The Morgan fingerprint density at radius 3 is 2.67 bits per heavy atom. The highest BCUT2D eigenvalue weighted by atomic mass is 16.5. The van der Waals surface area contributed by atoms with Crippen molar-refractivity contribution in [3.8, 4) is 0 Å². The van der Waals surface area contributed by atoms with Crippen LogP contribution < -0.4 is 0 Å². The lowest BCUT2D eigenvalue weighted by molar-refractivity contribution is -0.145. The second-order valence-corrected chi connectivity index (χ2v) is 4.69. The quantitative estimate of drug-likeness (QED) is 0.700. The van der Waals surface area contributed by atoms with Crippen molar-refractivity contribution in [2.75, 3.05) is 6.61 Å². The van der Waals surface area contributed by atoms with Gasteiger partial charge in [-0.3, -0.25) is 4.79 Å². The summed E-state index contributed by atoms with van der Waals surface area (Å²) in [5.41, 5.74) is 0. The number of nitrogens with zero attached hydrogens (tertiary/aromatic N) is 2. The maximum atomic E-state index is 11.7. The van der Waals surface area contributed by atoms with E-state index in [1.54, 1.807) is 6.92 Å². The van der Waals surface area contributed by atoms with E-state index in [2.05, 4.69) is 24.0 Å². The molecule has 5 heteroatoms. The molecule has 0 saturated carbocycles. The predicted octanol–water partition coefficient (Wildman–Crippen LogP) is 2.71. The van der Waals surface area contributed by atoms with Crippen LogP contribution in [0, 0.1) is 5.92 Å². The second-order valence-electron chi connectivity index (χ2n) is 4.69. The van der Waals surface area contributed by atoms with Gasteiger partial charge < -0.3 is 9.26 Å². The first-order valence-corrected chi connectivity index (χ1v) is 6.57. The lowest BCUT2D eigenvalue weighted by Crippen LogP contribution is -2.15. The molecule has 0 spiro atoms. The van der Waals surface area contributed by atoms with Crippen molar-refractivity contribution in [2.45, 2.75) is 52.9 Å². The van der Waals surface area contributed by atoms with E-state index in [4.69, 9.17) is 9.26 Å². The summed E-state index contributed by atoms with van der Waals surface area (Å²) >= 11 is 0. The summed E-state index contributed by atoms with van der Waals surface area (Å²) in [6, 6.07) is 0. The molecule has 0 aliphatic carbocycles. The zero-order valence-corrected chi connectivity index (χ0v) is 11.6. The Bertz CT molecular complexity index is 374. The Morgan fingerprint density at radius 1 is 1.39 bits per heavy atom. The average molecular weight is 254 g/mol. The van der Waals surface area contributed by atoms with Crippen molar-refractivity contribution in [3.63, 3.8) is 0 Å². The van der Waals surface area contributed by atoms with Gasteiger partial charge in [0.2, 0.25) is 5.89 Å². The normalized spacial score (nSPS) is 12.7. The van der Waals surface area contributed by atoms with Crippen LogP contribution in [-0.4, -0.2) is 22.7 Å². The molecule has 0 amide bonds. The van der Waals surface area contributed by atoms with Gasteiger partial charge in [-0.15, -0.1) is 0 Å². The van der Waals surface area contributed by atoms with Crippen LogP contribution in [0.4, 0.5) is 0 Å². The summed E-state index contributed by atoms with van der Waals surface area (Å²) in [6.07, 6.45) is 2.39. The van der Waals surface area contributed by atoms with Gasteiger partial charge in [-0.05, 0) is 25.7 Å². The summed E-state index contributed by atoms with van der Waals surface area (Å²) in [4.78, 5) is 16.0. The lowest BCUT2D eigenvalue weighted by Gasteiger charge is -2.08. The zero-order chi connectivity index (χ0) is 13.5. The van der Waals surface area contributed by atoms with Gasteiger partial charge in [0.25, 0.3) is 0 Å². The smallest absolute Gasteiger partial charge is 0.318 e. The molecule has 0 aliphatic rings. The molecule has 1 unspecified atom stereocenters. The maximum Gasteiger partial charge on any atom is 0.318 e. The molecule has 18 heavy (non-hydrogen) atoms. The zero-order valence-electron chi connectivity index (χ0n) is 11.6. The van der Waals surface area contributed by atoms with E-state index in [0.29, 0.717) is 30.7 Å². The third-order valence-electron chi connectivity index (χ3n) is 2.71. The van der Waals surface area contributed by atoms with Crippen LogP contribution in [0.1, 0.15) is 58.2 Å². The number of hydrogen-bond acceptors (Lipinski definition) is 5. The van der Waals surface area contributed by atoms with E-state index < -0.39 is 5.92 Å². The van der Waals surface area contributed by atoms with E-state index in [-0.39, 0.29) is 5.97 Å². The fourth-order valence-electron chi connectivity index (χ4n) is 1.61. The second kappa shape index (κ2) is 7.13. The molecule has 0 N–H and O–H groups in total. The molecule has 0 aromatic carbocycles. The molecule has 5 nitrogen and oxygen atoms in total. The molecule has 1 heterocycles. The third-order valence-corrected chi connectivity index (χ3v) is 2.71. The Morgan fingerprint density at radius 2 is 2.11 bits per heavy atom. The summed E-state index contributed by atoms with van der Waals surface area (Å²) in [6.45, 7) is 8.35. The highest BCUT2D eigenvalue weighted by Gasteiger charge is 2.26. The van der Waals surface area contributed by atoms with Gasteiger partial charge in [0.15, 0.2) is 5.82 Å². The third kappa shape index (κ3) is 4.13. The molecule has 0 saturated heterocycles. The van der Waals surface area contributed by atoms with Gasteiger partial charge >= 0.3 is 5.97 Å². The van der Waals surface area contributed by atoms with E-state index in [0.717, 1.165) is 12.8 Å². The van der Waals surface area contributed by atoms with Gasteiger partial charge in [0.05, 0.1) is 6.61 Å². The molecule has 1 aromatic heterocycles. The van der Waals surface area contributed by atoms with Crippen molar-refractivity contribution in [1.82, 2.24) is 10.1 Å². The first-order chi connectivity index (χ1) is 8.58. The number of aromatic nitrogens is 2. The van der Waals surface area contributed by atoms with Crippen LogP contribution in [0.5, 0.6) is 0 Å². The van der Waals surface area contributed by atoms with Gasteiger partial charge in [-0.2, -0.15) is 4.98 Å². The van der Waals surface area contributed by atoms with Crippen LogP contribution in [-0.2, 0) is 16.0 Å². The van der Waals surface area contributed by atoms with Gasteiger partial charge in [0.1, 0.15) is 5.92 Å². The Kier molecular flexibility index (Phi) is 5.82. The first-order valence-electron chi connectivity index (χ1n) is 6.57. The molecule has 0 bridgehead atoms. The number of esters is 1. The molecule has 1 atom stereocenters. The SMILES string of the molecule is CCOC(=O)C(CC)c1nc(CCC(C)C)no1. The topological polar surface area (TPSA) is 65.2 Å². The minimum absolute atomic E-state index is 0.293. The monoisotopic (exact) mass is 254 g/mol. The molecule has 1 aromatic rings. The molecule has 1 rings (SSSR count). The van der Waals surface area contributed by atoms with Crippen molar-refractivity contribution in [2.24, 2.45) is 5.92 Å². The number of aryl methyl sites for hydroxylation is 1. The van der Waals surface area contributed by atoms with Crippen molar-refractivity contribution < 1.29 is 14.1 Å². The molecule has 102 valence electrons. The van der Waals surface area contributed by atoms with Gasteiger partial charge in [-0.25, -0.2) is 0 Å². The van der Waals surface area contributed by atoms with Gasteiger partial charge in [0, 0.05) is 6.42 Å². The number of rotatable bonds is 7. The highest BCUT2D eigenvalue weighted by Crippen LogP contribution is 2.20. The van der Waals surface area contributed by atoms with Crippen LogP contribution in [0.15, 0.2) is 4.52 Å². The number of ether oxygens (including phenoxy) is 1. The summed E-state index contributed by atoms with van der Waals surface area (Å²) < 4.78 is 10.1. The standard InChI is InChI=1S/C13H22N2O3/c1-5-10(13(16)17-6-2)12-14-11(15-18-12)8-7-9(3)4/h9-10H,5-8H2,1-4H3. The van der Waals surface area contributed by atoms with Crippen molar-refractivity contribution >= 4 is 5.97 Å². The fraction of sp³-hybridized carbons (Fsp3) is 0.769. The first kappa shape index (κ1) is 14.7. The van der Waals surface area contributed by atoms with Crippen LogP contribution in [0.2, 0.25) is 0 Å². The lowest BCUT2D eigenvalue weighted by atomic mass is 10.1. The largest absolute Gasteiger partial charge is 0.465 e. The van der Waals surface area contributed by atoms with Crippen LogP contribution in [0.3, 0.4) is 0 Å². The molecule has 0 radical (unpaired) electrons. The van der Waals surface area contributed by atoms with E-state index in [1.807, 2.05) is 6.92 Å². The average Bonchev–Trinajstić information content (AvgIpc) is 2.76. The van der Waals surface area contributed by atoms with Crippen molar-refractivity contribution in [3.05, 3.63) is 11.7 Å². The maximum absolute atomic E-state index is 11.7. The summed E-state index contributed by atoms with van der Waals surface area (Å²) in [5.74, 6) is 0.902. The number of carbonyl (C=O) groups excluding carboxylic acids is 1. The van der Waals surface area contributed by atoms with Gasteiger partial charge in [-0.1, -0.05) is 25.9 Å². The van der Waals surface area contributed by atoms with Crippen LogP contribution >= 0.6 is 0 Å². The van der Waals surface area contributed by atoms with Crippen LogP contribution in [0.25, 0.3) is 0 Å². The molecule has 0 fully saturated rings. The molecular formula is C13H22N2O3. The Balaban J connectivity index is 2.67. The summed E-state index contributed by atoms with van der Waals surface area (Å²) in [5, 5.41) is 3.91. The van der Waals surface area contributed by atoms with E-state index in [1.165, 1.54) is 0 Å². The van der Waals surface area contributed by atoms with E-state index in [9.17, 15) is 4.79 Å². The Hall–Kier alpha value is -1.39. The summed E-state index contributed by atoms with van der Waals surface area (Å²) in [7, 11) is 0. The number of carbonyl (C=O) groups is 1. The van der Waals surface area contributed by atoms with Crippen molar-refractivity contribution in [1.29, 1.82) is 0 Å². The highest BCUT2D eigenvalue weighted by molar-refractivity contribution is 5.76. The fourth-order valence-corrected chi connectivity index (χ4v) is 1.61. The predicted molar refractivity (Wildman–Crippen MR) is 67.1 cm³/mol. The Labute approximate surface area is 108 Å². The minimum Gasteiger partial charge on any atom is -0.465 e. The molecule has 0 aliphatic heterocycles. The van der Waals surface area contributed by atoms with E-state index >= 15 is 0 Å². The molecular weight excluding hydrogens is 232 g/mol. The number of hydrogen-bond donors (Lipinski definition) is 0.